The standard InChI is InChI=1S/C33H47F3N4O5/c1-6-16-39(5)20-30-22(2)19-40(23(3)21-41)31(42)28-18-27(14-15-29(28)45-24(4)9-7-8-17-44-30)38-32(43)37-26-12-10-25(11-13-26)33(34,35)36/h10-15,18,22-24,30,41H,6-9,16-17,19-21H2,1-5H3,(H2,37,38,43)/t22-,23-,24-,30-/m0/s1. The molecule has 12 heteroatoms. The van der Waals surface area contributed by atoms with Gasteiger partial charge in [-0.3, -0.25) is 4.79 Å². The summed E-state index contributed by atoms with van der Waals surface area (Å²) in [4.78, 5) is 30.8. The predicted octanol–water partition coefficient (Wildman–Crippen LogP) is 6.49. The lowest BCUT2D eigenvalue weighted by molar-refractivity contribution is -0.137. The van der Waals surface area contributed by atoms with Gasteiger partial charge in [-0.1, -0.05) is 13.8 Å². The monoisotopic (exact) mass is 636 g/mol. The van der Waals surface area contributed by atoms with Crippen molar-refractivity contribution in [3.63, 3.8) is 0 Å². The van der Waals surface area contributed by atoms with Crippen molar-refractivity contribution in [1.82, 2.24) is 9.80 Å². The first kappa shape index (κ1) is 36.1. The molecule has 3 amide bonds. The number of fused-ring (bicyclic) bond motifs is 1. The van der Waals surface area contributed by atoms with Crippen LogP contribution in [-0.4, -0.2) is 85.0 Å². The van der Waals surface area contributed by atoms with E-state index >= 15 is 0 Å². The first-order valence-corrected chi connectivity index (χ1v) is 15.6. The average Bonchev–Trinajstić information content (AvgIpc) is 2.98. The molecule has 9 nitrogen and oxygen atoms in total. The minimum absolute atomic E-state index is 0.0516. The number of anilines is 2. The van der Waals surface area contributed by atoms with Gasteiger partial charge in [0, 0.05) is 37.0 Å². The molecule has 2 aromatic rings. The summed E-state index contributed by atoms with van der Waals surface area (Å²) >= 11 is 0. The zero-order chi connectivity index (χ0) is 33.1. The van der Waals surface area contributed by atoms with Crippen molar-refractivity contribution in [3.8, 4) is 5.75 Å². The number of ether oxygens (including phenoxy) is 2. The van der Waals surface area contributed by atoms with Crippen molar-refractivity contribution < 1.29 is 37.3 Å². The van der Waals surface area contributed by atoms with Crippen LogP contribution >= 0.6 is 0 Å². The zero-order valence-electron chi connectivity index (χ0n) is 26.8. The van der Waals surface area contributed by atoms with Crippen LogP contribution in [0.2, 0.25) is 0 Å². The molecule has 3 N–H and O–H groups in total. The quantitative estimate of drug-likeness (QED) is 0.306. The number of amides is 3. The molecule has 1 aliphatic heterocycles. The molecule has 250 valence electrons. The molecular formula is C33H47F3N4O5. The van der Waals surface area contributed by atoms with E-state index in [4.69, 9.17) is 9.47 Å². The van der Waals surface area contributed by atoms with Crippen molar-refractivity contribution in [2.75, 3.05) is 50.5 Å². The summed E-state index contributed by atoms with van der Waals surface area (Å²) in [6.07, 6.45) is -1.30. The predicted molar refractivity (Wildman–Crippen MR) is 169 cm³/mol. The molecule has 0 bridgehead atoms. The Kier molecular flexibility index (Phi) is 13.5. The molecule has 0 unspecified atom stereocenters. The number of likely N-dealkylation sites (N-methyl/N-ethyl adjacent to an activating group) is 1. The summed E-state index contributed by atoms with van der Waals surface area (Å²) in [7, 11) is 2.06. The largest absolute Gasteiger partial charge is 0.490 e. The molecule has 0 saturated heterocycles. The maximum atomic E-state index is 14.2. The molecule has 1 aliphatic rings. The Bertz CT molecular complexity index is 1240. The number of nitrogens with one attached hydrogen (secondary N) is 2. The van der Waals surface area contributed by atoms with E-state index in [1.165, 1.54) is 6.07 Å². The lowest BCUT2D eigenvalue weighted by Crippen LogP contribution is -2.47. The van der Waals surface area contributed by atoms with Crippen LogP contribution in [0.1, 0.15) is 69.3 Å². The van der Waals surface area contributed by atoms with Crippen molar-refractivity contribution in [2.24, 2.45) is 5.92 Å². The SMILES string of the molecule is CCCN(C)C[C@@H]1OCCCC[C@H](C)Oc2ccc(NC(=O)Nc3ccc(C(F)(F)F)cc3)cc2C(=O)N([C@@H](C)CO)C[C@@H]1C. The fourth-order valence-corrected chi connectivity index (χ4v) is 5.28. The number of carbonyl (C=O) groups excluding carboxylic acids is 2. The number of carbonyl (C=O) groups is 2. The lowest BCUT2D eigenvalue weighted by Gasteiger charge is -2.35. The number of aliphatic hydroxyl groups excluding tert-OH is 1. The van der Waals surface area contributed by atoms with Crippen LogP contribution in [0.4, 0.5) is 29.3 Å². The number of hydrogen-bond acceptors (Lipinski definition) is 6. The van der Waals surface area contributed by atoms with Crippen LogP contribution in [-0.2, 0) is 10.9 Å². The van der Waals surface area contributed by atoms with Crippen molar-refractivity contribution in [2.45, 2.75) is 77.8 Å². The fraction of sp³-hybridized carbons (Fsp3) is 0.576. The van der Waals surface area contributed by atoms with E-state index in [0.717, 1.165) is 56.5 Å². The highest BCUT2D eigenvalue weighted by molar-refractivity contribution is 6.02. The number of benzene rings is 2. The highest BCUT2D eigenvalue weighted by atomic mass is 19.4. The number of urea groups is 1. The second-order valence-electron chi connectivity index (χ2n) is 11.9. The molecular weight excluding hydrogens is 589 g/mol. The summed E-state index contributed by atoms with van der Waals surface area (Å²) in [5, 5.41) is 15.3. The lowest BCUT2D eigenvalue weighted by atomic mass is 10.0. The number of rotatable bonds is 8. The van der Waals surface area contributed by atoms with Gasteiger partial charge < -0.3 is 35.0 Å². The van der Waals surface area contributed by atoms with E-state index in [1.54, 1.807) is 24.0 Å². The summed E-state index contributed by atoms with van der Waals surface area (Å²) < 4.78 is 51.3. The van der Waals surface area contributed by atoms with E-state index in [0.29, 0.717) is 25.4 Å². The van der Waals surface area contributed by atoms with Gasteiger partial charge in [-0.25, -0.2) is 4.79 Å². The Morgan fingerprint density at radius 2 is 1.78 bits per heavy atom. The van der Waals surface area contributed by atoms with Gasteiger partial charge in [0.15, 0.2) is 0 Å². The number of halogens is 3. The van der Waals surface area contributed by atoms with E-state index in [1.807, 2.05) is 13.8 Å². The molecule has 0 radical (unpaired) electrons. The van der Waals surface area contributed by atoms with Gasteiger partial charge in [0.2, 0.25) is 0 Å². The molecule has 0 aliphatic carbocycles. The van der Waals surface area contributed by atoms with Gasteiger partial charge in [0.1, 0.15) is 5.75 Å². The molecule has 0 aromatic heterocycles. The number of aliphatic hydroxyl groups is 1. The summed E-state index contributed by atoms with van der Waals surface area (Å²) in [5.74, 6) is -0.0593. The third-order valence-electron chi connectivity index (χ3n) is 7.88. The van der Waals surface area contributed by atoms with E-state index < -0.39 is 23.8 Å². The Morgan fingerprint density at radius 1 is 1.11 bits per heavy atom. The topological polar surface area (TPSA) is 103 Å². The first-order valence-electron chi connectivity index (χ1n) is 15.6. The Labute approximate surface area is 264 Å². The van der Waals surface area contributed by atoms with Crippen LogP contribution in [0.5, 0.6) is 5.75 Å². The van der Waals surface area contributed by atoms with E-state index in [-0.39, 0.29) is 47.6 Å². The number of hydrogen-bond donors (Lipinski definition) is 3. The highest BCUT2D eigenvalue weighted by Crippen LogP contribution is 2.31. The number of alkyl halides is 3. The number of nitrogens with zero attached hydrogens (tertiary/aromatic N) is 2. The minimum atomic E-state index is -4.49. The third-order valence-corrected chi connectivity index (χ3v) is 7.88. The average molecular weight is 637 g/mol. The van der Waals surface area contributed by atoms with E-state index in [2.05, 4.69) is 29.5 Å². The van der Waals surface area contributed by atoms with Crippen LogP contribution in [0.15, 0.2) is 42.5 Å². The molecule has 0 spiro atoms. The Balaban J connectivity index is 1.89. The second kappa shape index (κ2) is 16.8. The smallest absolute Gasteiger partial charge is 0.416 e. The van der Waals surface area contributed by atoms with Gasteiger partial charge >= 0.3 is 12.2 Å². The summed E-state index contributed by atoms with van der Waals surface area (Å²) in [6.45, 7) is 10.2. The second-order valence-corrected chi connectivity index (χ2v) is 11.9. The van der Waals surface area contributed by atoms with E-state index in [9.17, 15) is 27.9 Å². The maximum absolute atomic E-state index is 14.2. The molecule has 45 heavy (non-hydrogen) atoms. The Hall–Kier alpha value is -3.35. The molecule has 4 atom stereocenters. The summed E-state index contributed by atoms with van der Waals surface area (Å²) in [6, 6.07) is 7.64. The van der Waals surface area contributed by atoms with Gasteiger partial charge in [-0.15, -0.1) is 0 Å². The molecule has 0 saturated carbocycles. The third kappa shape index (κ3) is 10.9. The van der Waals surface area contributed by atoms with Crippen LogP contribution in [0.3, 0.4) is 0 Å². The first-order chi connectivity index (χ1) is 21.3. The van der Waals surface area contributed by atoms with Crippen molar-refractivity contribution in [3.05, 3.63) is 53.6 Å². The highest BCUT2D eigenvalue weighted by Gasteiger charge is 2.31. The van der Waals surface area contributed by atoms with Crippen molar-refractivity contribution in [1.29, 1.82) is 0 Å². The zero-order valence-corrected chi connectivity index (χ0v) is 26.8. The van der Waals surface area contributed by atoms with Crippen LogP contribution < -0.4 is 15.4 Å². The van der Waals surface area contributed by atoms with Crippen molar-refractivity contribution >= 4 is 23.3 Å². The molecule has 2 aromatic carbocycles. The molecule has 0 fully saturated rings. The molecule has 3 rings (SSSR count). The maximum Gasteiger partial charge on any atom is 0.416 e. The van der Waals surface area contributed by atoms with Crippen LogP contribution in [0, 0.1) is 5.92 Å². The van der Waals surface area contributed by atoms with Gasteiger partial charge in [-0.2, -0.15) is 13.2 Å². The minimum Gasteiger partial charge on any atom is -0.490 e. The summed E-state index contributed by atoms with van der Waals surface area (Å²) in [5.41, 5.74) is -0.144. The Morgan fingerprint density at radius 3 is 2.42 bits per heavy atom. The van der Waals surface area contributed by atoms with Gasteiger partial charge in [-0.05, 0) is 95.6 Å². The van der Waals surface area contributed by atoms with Crippen LogP contribution in [0.25, 0.3) is 0 Å². The fourth-order valence-electron chi connectivity index (χ4n) is 5.28. The van der Waals surface area contributed by atoms with Gasteiger partial charge in [0.05, 0.1) is 36.0 Å². The molecule has 1 heterocycles. The normalized spacial score (nSPS) is 21.0. The van der Waals surface area contributed by atoms with Gasteiger partial charge in [0.25, 0.3) is 5.91 Å².